The highest BCUT2D eigenvalue weighted by atomic mass is 16.5. The van der Waals surface area contributed by atoms with Crippen molar-refractivity contribution in [2.75, 3.05) is 18.5 Å². The molecule has 1 aliphatic heterocycles. The summed E-state index contributed by atoms with van der Waals surface area (Å²) in [5.74, 6) is 2.33. The molecule has 2 aromatic rings. The number of carbonyl (C=O) groups excluding carboxylic acids is 1. The van der Waals surface area contributed by atoms with E-state index in [1.807, 2.05) is 24.3 Å². The van der Waals surface area contributed by atoms with Crippen molar-refractivity contribution in [1.82, 2.24) is 20.5 Å². The Kier molecular flexibility index (Phi) is 4.90. The van der Waals surface area contributed by atoms with Gasteiger partial charge in [0.15, 0.2) is 5.82 Å². The molecule has 8 nitrogen and oxygen atoms in total. The lowest BCUT2D eigenvalue weighted by Crippen LogP contribution is -2.33. The fourth-order valence-corrected chi connectivity index (χ4v) is 3.45. The second-order valence-electron chi connectivity index (χ2n) is 6.74. The number of H-pyrrole nitrogens is 1. The van der Waals surface area contributed by atoms with Gasteiger partial charge in [-0.15, -0.1) is 0 Å². The number of amides is 1. The van der Waals surface area contributed by atoms with Gasteiger partial charge >= 0.3 is 6.09 Å². The van der Waals surface area contributed by atoms with Crippen LogP contribution in [0, 0.1) is 0 Å². The van der Waals surface area contributed by atoms with Crippen LogP contribution >= 0.6 is 0 Å². The largest absolute Gasteiger partial charge is 0.478 e. The minimum Gasteiger partial charge on any atom is -0.478 e. The average molecular weight is 357 g/mol. The molecule has 1 aliphatic carbocycles. The number of aromatic nitrogens is 3. The maximum Gasteiger partial charge on any atom is 0.407 e. The third-order valence-corrected chi connectivity index (χ3v) is 4.79. The van der Waals surface area contributed by atoms with Crippen molar-refractivity contribution in [2.45, 2.75) is 44.1 Å². The molecule has 1 fully saturated rings. The molecule has 1 amide bonds. The van der Waals surface area contributed by atoms with Crippen LogP contribution in [-0.2, 0) is 4.74 Å². The van der Waals surface area contributed by atoms with Gasteiger partial charge in [0.25, 0.3) is 0 Å². The maximum atomic E-state index is 11.9. The lowest BCUT2D eigenvalue weighted by atomic mass is 10.0. The normalized spacial score (nSPS) is 23.6. The van der Waals surface area contributed by atoms with E-state index in [9.17, 15) is 4.79 Å². The molecule has 0 aromatic carbocycles. The second kappa shape index (κ2) is 7.63. The highest BCUT2D eigenvalue weighted by Gasteiger charge is 2.28. The van der Waals surface area contributed by atoms with E-state index in [1.54, 1.807) is 0 Å². The van der Waals surface area contributed by atoms with Gasteiger partial charge in [0.05, 0.1) is 13.2 Å². The third-order valence-electron chi connectivity index (χ3n) is 4.79. The first-order valence-corrected chi connectivity index (χ1v) is 9.12. The Morgan fingerprint density at radius 2 is 1.96 bits per heavy atom. The Labute approximate surface area is 151 Å². The van der Waals surface area contributed by atoms with Crippen LogP contribution in [0.2, 0.25) is 0 Å². The van der Waals surface area contributed by atoms with Crippen LogP contribution in [0.4, 0.5) is 16.4 Å². The van der Waals surface area contributed by atoms with E-state index < -0.39 is 0 Å². The summed E-state index contributed by atoms with van der Waals surface area (Å²) in [6, 6.07) is 7.75. The molecule has 2 aromatic heterocycles. The highest BCUT2D eigenvalue weighted by Crippen LogP contribution is 2.34. The van der Waals surface area contributed by atoms with Crippen molar-refractivity contribution >= 4 is 17.7 Å². The number of fused-ring (bicyclic) bond motifs is 7. The van der Waals surface area contributed by atoms with Gasteiger partial charge in [-0.3, -0.25) is 5.10 Å². The number of rotatable bonds is 0. The van der Waals surface area contributed by atoms with E-state index in [0.29, 0.717) is 30.8 Å². The molecular weight excluding hydrogens is 334 g/mol. The van der Waals surface area contributed by atoms with E-state index in [0.717, 1.165) is 43.6 Å². The van der Waals surface area contributed by atoms with E-state index in [-0.39, 0.29) is 12.1 Å². The lowest BCUT2D eigenvalue weighted by molar-refractivity contribution is 0.138. The molecule has 2 aliphatic rings. The first kappa shape index (κ1) is 16.7. The Morgan fingerprint density at radius 3 is 2.88 bits per heavy atom. The molecule has 3 heterocycles. The number of nitrogens with zero attached hydrogens (tertiary/aromatic N) is 2. The summed E-state index contributed by atoms with van der Waals surface area (Å²) in [6.07, 6.45) is 4.05. The van der Waals surface area contributed by atoms with Crippen LogP contribution in [0.15, 0.2) is 24.3 Å². The molecule has 4 rings (SSSR count). The van der Waals surface area contributed by atoms with Gasteiger partial charge in [-0.25, -0.2) is 4.79 Å². The van der Waals surface area contributed by atoms with Crippen LogP contribution in [0.25, 0.3) is 0 Å². The zero-order valence-corrected chi connectivity index (χ0v) is 14.5. The molecule has 138 valence electrons. The smallest absolute Gasteiger partial charge is 0.407 e. The Balaban J connectivity index is 1.51. The summed E-state index contributed by atoms with van der Waals surface area (Å²) < 4.78 is 10.9. The van der Waals surface area contributed by atoms with Crippen molar-refractivity contribution in [3.05, 3.63) is 30.0 Å². The molecule has 2 atom stereocenters. The Bertz CT molecular complexity index is 763. The zero-order valence-electron chi connectivity index (χ0n) is 14.5. The Hall–Kier alpha value is -2.77. The van der Waals surface area contributed by atoms with Crippen LogP contribution in [-0.4, -0.2) is 40.5 Å². The van der Waals surface area contributed by atoms with Crippen LogP contribution in [0.5, 0.6) is 5.88 Å². The quantitative estimate of drug-likeness (QED) is 0.670. The summed E-state index contributed by atoms with van der Waals surface area (Å²) in [7, 11) is 0. The minimum atomic E-state index is -0.334. The van der Waals surface area contributed by atoms with E-state index in [4.69, 9.17) is 9.47 Å². The van der Waals surface area contributed by atoms with Gasteiger partial charge in [0, 0.05) is 29.8 Å². The number of hydrogen-bond donors (Lipinski definition) is 3. The van der Waals surface area contributed by atoms with Crippen LogP contribution < -0.4 is 15.4 Å². The van der Waals surface area contributed by atoms with Gasteiger partial charge in [-0.05, 0) is 38.2 Å². The molecule has 0 radical (unpaired) electrons. The SMILES string of the molecule is O=C1N[C@@H]2CC[C@@H](C2)c2cc(n[nH]2)Nc2cccc(n2)OCCCCO1. The van der Waals surface area contributed by atoms with Crippen LogP contribution in [0.3, 0.4) is 0 Å². The van der Waals surface area contributed by atoms with E-state index in [1.165, 1.54) is 0 Å². The monoisotopic (exact) mass is 357 g/mol. The van der Waals surface area contributed by atoms with Crippen molar-refractivity contribution in [2.24, 2.45) is 0 Å². The summed E-state index contributed by atoms with van der Waals surface area (Å²) in [4.78, 5) is 16.3. The number of carbonyl (C=O) groups is 1. The number of anilines is 2. The number of cyclic esters (lactones) is 1. The summed E-state index contributed by atoms with van der Waals surface area (Å²) in [6.45, 7) is 0.919. The molecule has 0 unspecified atom stereocenters. The predicted molar refractivity (Wildman–Crippen MR) is 95.7 cm³/mol. The fourth-order valence-electron chi connectivity index (χ4n) is 3.45. The molecular formula is C18H23N5O3. The van der Waals surface area contributed by atoms with Gasteiger partial charge in [0.2, 0.25) is 5.88 Å². The molecule has 8 heteroatoms. The van der Waals surface area contributed by atoms with Crippen molar-refractivity contribution in [1.29, 1.82) is 0 Å². The summed E-state index contributed by atoms with van der Waals surface area (Å²) in [5.41, 5.74) is 1.07. The number of ether oxygens (including phenoxy) is 2. The zero-order chi connectivity index (χ0) is 17.8. The lowest BCUT2D eigenvalue weighted by Gasteiger charge is -2.13. The first-order chi connectivity index (χ1) is 12.8. The molecule has 6 bridgehead atoms. The maximum absolute atomic E-state index is 11.9. The molecule has 0 saturated heterocycles. The van der Waals surface area contributed by atoms with Gasteiger partial charge in [0.1, 0.15) is 5.82 Å². The van der Waals surface area contributed by atoms with Crippen molar-refractivity contribution in [3.8, 4) is 5.88 Å². The highest BCUT2D eigenvalue weighted by molar-refractivity contribution is 5.67. The third kappa shape index (κ3) is 4.07. The second-order valence-corrected chi connectivity index (χ2v) is 6.74. The molecule has 26 heavy (non-hydrogen) atoms. The molecule has 0 spiro atoms. The van der Waals surface area contributed by atoms with Crippen molar-refractivity contribution < 1.29 is 14.3 Å². The molecule has 1 saturated carbocycles. The van der Waals surface area contributed by atoms with E-state index in [2.05, 4.69) is 25.8 Å². The topological polar surface area (TPSA) is 101 Å². The minimum absolute atomic E-state index is 0.146. The number of aromatic amines is 1. The van der Waals surface area contributed by atoms with Gasteiger partial charge in [-0.1, -0.05) is 6.07 Å². The van der Waals surface area contributed by atoms with Crippen LogP contribution in [0.1, 0.15) is 43.7 Å². The van der Waals surface area contributed by atoms with Gasteiger partial charge in [-0.2, -0.15) is 10.1 Å². The number of hydrogen-bond acceptors (Lipinski definition) is 6. The first-order valence-electron chi connectivity index (χ1n) is 9.12. The standard InChI is InChI=1S/C18H23N5O3/c24-18-19-13-7-6-12(10-13)14-11-16(23-22-14)20-15-4-3-5-17(21-15)25-8-1-2-9-26-18/h3-5,11-13H,1-2,6-10H2,(H,19,24)(H2,20,21,22,23)/t12-,13+/m0/s1. The molecule has 3 N–H and O–H groups in total. The number of alkyl carbamates (subject to hydrolysis) is 1. The Morgan fingerprint density at radius 1 is 1.08 bits per heavy atom. The van der Waals surface area contributed by atoms with Gasteiger partial charge < -0.3 is 20.1 Å². The summed E-state index contributed by atoms with van der Waals surface area (Å²) in [5, 5.41) is 13.6. The number of pyridine rings is 1. The van der Waals surface area contributed by atoms with E-state index >= 15 is 0 Å². The fraction of sp³-hybridized carbons (Fsp3) is 0.500. The average Bonchev–Trinajstić information content (AvgIpc) is 3.27. The van der Waals surface area contributed by atoms with Crippen molar-refractivity contribution in [3.63, 3.8) is 0 Å². The number of nitrogens with one attached hydrogen (secondary N) is 3. The summed E-state index contributed by atoms with van der Waals surface area (Å²) >= 11 is 0. The predicted octanol–water partition coefficient (Wildman–Crippen LogP) is 3.08.